The van der Waals surface area contributed by atoms with Crippen molar-refractivity contribution in [2.45, 2.75) is 51.6 Å². The topological polar surface area (TPSA) is 62.6 Å². The van der Waals surface area contributed by atoms with Gasteiger partial charge in [0.25, 0.3) is 5.91 Å². The molecule has 5 nitrogen and oxygen atoms in total. The van der Waals surface area contributed by atoms with E-state index in [1.165, 1.54) is 0 Å². The van der Waals surface area contributed by atoms with Crippen molar-refractivity contribution < 1.29 is 14.0 Å². The second-order valence-electron chi connectivity index (χ2n) is 7.84. The van der Waals surface area contributed by atoms with Gasteiger partial charge in [-0.15, -0.1) is 0 Å². The predicted octanol–water partition coefficient (Wildman–Crippen LogP) is 4.46. The molecule has 2 aliphatic rings. The van der Waals surface area contributed by atoms with Crippen LogP contribution in [0.5, 0.6) is 0 Å². The largest absolute Gasteiger partial charge is 0.467 e. The standard InChI is InChI=1S/C22H26N2O3/c1-15-12-20(15)21(25)23-17-7-4-6-16(13-17)22(26)24(18-8-2-3-9-18)14-19-10-5-11-27-19/h4-7,10-11,13,15,18,20H,2-3,8-9,12,14H2,1H3,(H,23,25). The fraction of sp³-hybridized carbons (Fsp3) is 0.455. The number of furan rings is 1. The van der Waals surface area contributed by atoms with Crippen molar-refractivity contribution in [3.63, 3.8) is 0 Å². The van der Waals surface area contributed by atoms with Crippen molar-refractivity contribution in [3.8, 4) is 0 Å². The summed E-state index contributed by atoms with van der Waals surface area (Å²) in [5.74, 6) is 1.41. The Morgan fingerprint density at radius 1 is 1.19 bits per heavy atom. The smallest absolute Gasteiger partial charge is 0.254 e. The van der Waals surface area contributed by atoms with Crippen LogP contribution >= 0.6 is 0 Å². The summed E-state index contributed by atoms with van der Waals surface area (Å²) in [5, 5.41) is 2.96. The summed E-state index contributed by atoms with van der Waals surface area (Å²) in [6.45, 7) is 2.56. The molecular weight excluding hydrogens is 340 g/mol. The molecule has 5 heteroatoms. The minimum atomic E-state index is -0.00538. The number of hydrogen-bond donors (Lipinski definition) is 1. The quantitative estimate of drug-likeness (QED) is 0.821. The zero-order valence-electron chi connectivity index (χ0n) is 15.7. The molecule has 0 saturated heterocycles. The van der Waals surface area contributed by atoms with Gasteiger partial charge in [-0.1, -0.05) is 25.8 Å². The molecule has 4 rings (SSSR count). The first kappa shape index (κ1) is 17.8. The van der Waals surface area contributed by atoms with Crippen LogP contribution in [0.2, 0.25) is 0 Å². The number of nitrogens with zero attached hydrogens (tertiary/aromatic N) is 1. The van der Waals surface area contributed by atoms with Crippen molar-refractivity contribution >= 4 is 17.5 Å². The fourth-order valence-electron chi connectivity index (χ4n) is 3.97. The third-order valence-corrected chi connectivity index (χ3v) is 5.76. The monoisotopic (exact) mass is 366 g/mol. The molecule has 0 radical (unpaired) electrons. The number of anilines is 1. The molecule has 0 aliphatic heterocycles. The first-order valence-corrected chi connectivity index (χ1v) is 9.86. The molecule has 142 valence electrons. The molecule has 2 amide bonds. The lowest BCUT2D eigenvalue weighted by atomic mass is 10.1. The van der Waals surface area contributed by atoms with E-state index in [9.17, 15) is 9.59 Å². The van der Waals surface area contributed by atoms with Crippen LogP contribution in [0.15, 0.2) is 47.1 Å². The van der Waals surface area contributed by atoms with E-state index in [1.54, 1.807) is 12.3 Å². The number of rotatable bonds is 6. The van der Waals surface area contributed by atoms with Crippen LogP contribution in [-0.2, 0) is 11.3 Å². The van der Waals surface area contributed by atoms with Gasteiger partial charge in [-0.2, -0.15) is 0 Å². The van der Waals surface area contributed by atoms with Crippen LogP contribution in [0.1, 0.15) is 55.1 Å². The molecule has 27 heavy (non-hydrogen) atoms. The predicted molar refractivity (Wildman–Crippen MR) is 103 cm³/mol. The third kappa shape index (κ3) is 4.07. The molecular formula is C22H26N2O3. The number of carbonyl (C=O) groups is 2. The lowest BCUT2D eigenvalue weighted by molar-refractivity contribution is -0.117. The fourth-order valence-corrected chi connectivity index (χ4v) is 3.97. The summed E-state index contributed by atoms with van der Waals surface area (Å²) in [6, 6.07) is 11.3. The molecule has 0 bridgehead atoms. The summed E-state index contributed by atoms with van der Waals surface area (Å²) in [5.41, 5.74) is 1.30. The molecule has 1 aromatic carbocycles. The summed E-state index contributed by atoms with van der Waals surface area (Å²) < 4.78 is 5.48. The van der Waals surface area contributed by atoms with Gasteiger partial charge in [0.2, 0.25) is 5.91 Å². The van der Waals surface area contributed by atoms with Crippen molar-refractivity contribution in [1.29, 1.82) is 0 Å². The van der Waals surface area contributed by atoms with Gasteiger partial charge in [-0.25, -0.2) is 0 Å². The zero-order chi connectivity index (χ0) is 18.8. The molecule has 1 aromatic heterocycles. The van der Waals surface area contributed by atoms with Crippen molar-refractivity contribution in [3.05, 3.63) is 54.0 Å². The Labute approximate surface area is 159 Å². The maximum atomic E-state index is 13.3. The Bertz CT molecular complexity index is 809. The van der Waals surface area contributed by atoms with E-state index >= 15 is 0 Å². The molecule has 0 spiro atoms. The van der Waals surface area contributed by atoms with Gasteiger partial charge in [0, 0.05) is 23.2 Å². The molecule has 2 saturated carbocycles. The average Bonchev–Trinajstić information content (AvgIpc) is 3.10. The highest BCUT2D eigenvalue weighted by Crippen LogP contribution is 2.38. The number of hydrogen-bond acceptors (Lipinski definition) is 3. The van der Waals surface area contributed by atoms with Gasteiger partial charge in [0.15, 0.2) is 0 Å². The summed E-state index contributed by atoms with van der Waals surface area (Å²) in [7, 11) is 0. The van der Waals surface area contributed by atoms with Crippen molar-refractivity contribution in [2.75, 3.05) is 5.32 Å². The Hall–Kier alpha value is -2.56. The van der Waals surface area contributed by atoms with Crippen LogP contribution < -0.4 is 5.32 Å². The Morgan fingerprint density at radius 2 is 1.96 bits per heavy atom. The van der Waals surface area contributed by atoms with Crippen molar-refractivity contribution in [1.82, 2.24) is 4.90 Å². The first-order chi connectivity index (χ1) is 13.1. The van der Waals surface area contributed by atoms with E-state index in [-0.39, 0.29) is 23.8 Å². The second-order valence-corrected chi connectivity index (χ2v) is 7.84. The minimum absolute atomic E-state index is 0.00538. The molecule has 2 fully saturated rings. The number of amides is 2. The summed E-state index contributed by atoms with van der Waals surface area (Å²) in [6.07, 6.45) is 6.96. The number of nitrogens with one attached hydrogen (secondary N) is 1. The van der Waals surface area contributed by atoms with Crippen LogP contribution in [-0.4, -0.2) is 22.8 Å². The molecule has 2 aliphatic carbocycles. The van der Waals surface area contributed by atoms with Gasteiger partial charge in [-0.05, 0) is 55.5 Å². The molecule has 2 atom stereocenters. The maximum Gasteiger partial charge on any atom is 0.254 e. The Balaban J connectivity index is 1.51. The lowest BCUT2D eigenvalue weighted by Crippen LogP contribution is -2.38. The highest BCUT2D eigenvalue weighted by atomic mass is 16.3. The number of carbonyl (C=O) groups excluding carboxylic acids is 2. The van der Waals surface area contributed by atoms with Gasteiger partial charge >= 0.3 is 0 Å². The SMILES string of the molecule is CC1CC1C(=O)Nc1cccc(C(=O)N(Cc2ccco2)C2CCCC2)c1. The van der Waals surface area contributed by atoms with E-state index in [4.69, 9.17) is 4.42 Å². The van der Waals surface area contributed by atoms with Gasteiger partial charge < -0.3 is 14.6 Å². The van der Waals surface area contributed by atoms with Gasteiger partial charge in [0.1, 0.15) is 5.76 Å². The minimum Gasteiger partial charge on any atom is -0.467 e. The van der Waals surface area contributed by atoms with Crippen molar-refractivity contribution in [2.24, 2.45) is 11.8 Å². The Morgan fingerprint density at radius 3 is 2.63 bits per heavy atom. The average molecular weight is 366 g/mol. The highest BCUT2D eigenvalue weighted by molar-refractivity contribution is 5.98. The van der Waals surface area contributed by atoms with E-state index in [0.29, 0.717) is 23.7 Å². The number of benzene rings is 1. The highest BCUT2D eigenvalue weighted by Gasteiger charge is 2.39. The first-order valence-electron chi connectivity index (χ1n) is 9.86. The van der Waals surface area contributed by atoms with Crippen LogP contribution in [0.3, 0.4) is 0 Å². The summed E-state index contributed by atoms with van der Waals surface area (Å²) >= 11 is 0. The molecule has 2 aromatic rings. The summed E-state index contributed by atoms with van der Waals surface area (Å²) in [4.78, 5) is 27.4. The zero-order valence-corrected chi connectivity index (χ0v) is 15.7. The third-order valence-electron chi connectivity index (χ3n) is 5.76. The van der Waals surface area contributed by atoms with Gasteiger partial charge in [-0.3, -0.25) is 9.59 Å². The lowest BCUT2D eigenvalue weighted by Gasteiger charge is -2.28. The van der Waals surface area contributed by atoms with E-state index < -0.39 is 0 Å². The molecule has 1 heterocycles. The van der Waals surface area contributed by atoms with Crippen LogP contribution in [0, 0.1) is 11.8 Å². The van der Waals surface area contributed by atoms with E-state index in [0.717, 1.165) is 37.9 Å². The second kappa shape index (κ2) is 7.59. The Kier molecular flexibility index (Phi) is 5.01. The molecule has 1 N–H and O–H groups in total. The van der Waals surface area contributed by atoms with E-state index in [1.807, 2.05) is 35.2 Å². The normalized spacial score (nSPS) is 21.8. The van der Waals surface area contributed by atoms with Gasteiger partial charge in [0.05, 0.1) is 12.8 Å². The van der Waals surface area contributed by atoms with Crippen LogP contribution in [0.4, 0.5) is 5.69 Å². The maximum absolute atomic E-state index is 13.3. The van der Waals surface area contributed by atoms with E-state index in [2.05, 4.69) is 12.2 Å². The van der Waals surface area contributed by atoms with Crippen LogP contribution in [0.25, 0.3) is 0 Å². The molecule has 2 unspecified atom stereocenters.